The summed E-state index contributed by atoms with van der Waals surface area (Å²) in [6.07, 6.45) is 0. The van der Waals surface area contributed by atoms with Gasteiger partial charge in [-0.15, -0.1) is 0 Å². The summed E-state index contributed by atoms with van der Waals surface area (Å²) in [5.41, 5.74) is 0.914. The van der Waals surface area contributed by atoms with E-state index in [1.165, 1.54) is 0 Å². The van der Waals surface area contributed by atoms with E-state index in [4.69, 9.17) is 9.47 Å². The fraction of sp³-hybridized carbons (Fsp3) is 0.538. The lowest BCUT2D eigenvalue weighted by atomic mass is 10.0. The molecule has 2 nitrogen and oxygen atoms in total. The molecule has 0 aliphatic heterocycles. The van der Waals surface area contributed by atoms with Crippen molar-refractivity contribution in [2.24, 2.45) is 0 Å². The third-order valence-corrected chi connectivity index (χ3v) is 2.32. The first kappa shape index (κ1) is 12.8. The van der Waals surface area contributed by atoms with Gasteiger partial charge < -0.3 is 9.47 Å². The largest absolute Gasteiger partial charge is 0.494 e. The van der Waals surface area contributed by atoms with Crippen molar-refractivity contribution in [3.8, 4) is 11.5 Å². The smallest absolute Gasteiger partial charge is 0.123 e. The van der Waals surface area contributed by atoms with Gasteiger partial charge in [0.1, 0.15) is 11.5 Å². The number of halogens is 1. The minimum atomic E-state index is -0.374. The topological polar surface area (TPSA) is 18.5 Å². The Morgan fingerprint density at radius 3 is 1.94 bits per heavy atom. The second kappa shape index (κ2) is 6.36. The minimum absolute atomic E-state index is 0.125. The first-order chi connectivity index (χ1) is 7.71. The van der Waals surface area contributed by atoms with Crippen LogP contribution in [0.2, 0.25) is 0 Å². The zero-order valence-corrected chi connectivity index (χ0v) is 10.1. The Morgan fingerprint density at radius 1 is 1.06 bits per heavy atom. The summed E-state index contributed by atoms with van der Waals surface area (Å²) < 4.78 is 23.5. The Morgan fingerprint density at radius 2 is 1.56 bits per heavy atom. The van der Waals surface area contributed by atoms with Gasteiger partial charge in [-0.25, -0.2) is 0 Å². The Kier molecular flexibility index (Phi) is 5.09. The molecule has 1 aromatic carbocycles. The number of hydrogen-bond acceptors (Lipinski definition) is 2. The van der Waals surface area contributed by atoms with Crippen LogP contribution < -0.4 is 9.47 Å². The molecule has 16 heavy (non-hydrogen) atoms. The number of ether oxygens (including phenoxy) is 2. The van der Waals surface area contributed by atoms with Gasteiger partial charge in [0.2, 0.25) is 0 Å². The van der Waals surface area contributed by atoms with E-state index in [1.54, 1.807) is 0 Å². The maximum Gasteiger partial charge on any atom is 0.123 e. The van der Waals surface area contributed by atoms with Crippen LogP contribution in [0.3, 0.4) is 0 Å². The summed E-state index contributed by atoms with van der Waals surface area (Å²) in [5.74, 6) is 1.35. The zero-order valence-electron chi connectivity index (χ0n) is 10.1. The summed E-state index contributed by atoms with van der Waals surface area (Å²) >= 11 is 0. The molecular weight excluding hydrogens is 207 g/mol. The Bertz CT molecular complexity index is 301. The van der Waals surface area contributed by atoms with E-state index in [0.29, 0.717) is 13.2 Å². The van der Waals surface area contributed by atoms with E-state index in [2.05, 4.69) is 0 Å². The lowest BCUT2D eigenvalue weighted by Crippen LogP contribution is -2.00. The highest BCUT2D eigenvalue weighted by Gasteiger charge is 2.09. The molecule has 0 aliphatic carbocycles. The first-order valence-electron chi connectivity index (χ1n) is 5.67. The highest BCUT2D eigenvalue weighted by molar-refractivity contribution is 5.40. The summed E-state index contributed by atoms with van der Waals surface area (Å²) in [5, 5.41) is 0. The van der Waals surface area contributed by atoms with E-state index in [1.807, 2.05) is 39.0 Å². The predicted molar refractivity (Wildman–Crippen MR) is 63.2 cm³/mol. The second-order valence-electron chi connectivity index (χ2n) is 3.66. The molecule has 0 bridgehead atoms. The molecule has 90 valence electrons. The van der Waals surface area contributed by atoms with Crippen molar-refractivity contribution in [2.45, 2.75) is 26.7 Å². The number of hydrogen-bond donors (Lipinski definition) is 0. The van der Waals surface area contributed by atoms with Crippen LogP contribution in [0.25, 0.3) is 0 Å². The van der Waals surface area contributed by atoms with Crippen LogP contribution in [0.1, 0.15) is 32.3 Å². The van der Waals surface area contributed by atoms with Gasteiger partial charge in [0.05, 0.1) is 19.9 Å². The first-order valence-corrected chi connectivity index (χ1v) is 5.67. The maximum absolute atomic E-state index is 12.6. The SMILES string of the molecule is CCOc1cc(OCC)cc(C(C)CF)c1. The minimum Gasteiger partial charge on any atom is -0.494 e. The average Bonchev–Trinajstić information content (AvgIpc) is 2.28. The van der Waals surface area contributed by atoms with Crippen molar-refractivity contribution < 1.29 is 13.9 Å². The van der Waals surface area contributed by atoms with Crippen molar-refractivity contribution >= 4 is 0 Å². The van der Waals surface area contributed by atoms with Gasteiger partial charge >= 0.3 is 0 Å². The van der Waals surface area contributed by atoms with Crippen molar-refractivity contribution in [1.29, 1.82) is 0 Å². The molecule has 0 spiro atoms. The Labute approximate surface area is 96.4 Å². The van der Waals surface area contributed by atoms with E-state index in [9.17, 15) is 4.39 Å². The Hall–Kier alpha value is -1.25. The quantitative estimate of drug-likeness (QED) is 0.738. The molecule has 0 aliphatic rings. The van der Waals surface area contributed by atoms with Crippen LogP contribution in [0, 0.1) is 0 Å². The lowest BCUT2D eigenvalue weighted by molar-refractivity contribution is 0.321. The molecule has 1 atom stereocenters. The molecule has 1 rings (SSSR count). The molecule has 0 fully saturated rings. The van der Waals surface area contributed by atoms with Gasteiger partial charge in [-0.3, -0.25) is 4.39 Å². The van der Waals surface area contributed by atoms with Crippen molar-refractivity contribution in [3.63, 3.8) is 0 Å². The van der Waals surface area contributed by atoms with E-state index < -0.39 is 0 Å². The normalized spacial score (nSPS) is 12.2. The number of rotatable bonds is 6. The maximum atomic E-state index is 12.6. The van der Waals surface area contributed by atoms with Crippen LogP contribution in [0.4, 0.5) is 4.39 Å². The van der Waals surface area contributed by atoms with E-state index in [-0.39, 0.29) is 12.6 Å². The van der Waals surface area contributed by atoms with Gasteiger partial charge in [0, 0.05) is 12.0 Å². The van der Waals surface area contributed by atoms with Crippen molar-refractivity contribution in [1.82, 2.24) is 0 Å². The number of benzene rings is 1. The van der Waals surface area contributed by atoms with Gasteiger partial charge in [0.25, 0.3) is 0 Å². The third-order valence-electron chi connectivity index (χ3n) is 2.32. The Balaban J connectivity index is 2.97. The highest BCUT2D eigenvalue weighted by atomic mass is 19.1. The number of alkyl halides is 1. The van der Waals surface area contributed by atoms with E-state index >= 15 is 0 Å². The molecule has 1 aromatic rings. The molecule has 0 saturated carbocycles. The molecule has 3 heteroatoms. The van der Waals surface area contributed by atoms with Crippen LogP contribution in [-0.2, 0) is 0 Å². The molecule has 0 N–H and O–H groups in total. The molecule has 0 amide bonds. The van der Waals surface area contributed by atoms with Crippen LogP contribution in [-0.4, -0.2) is 19.9 Å². The van der Waals surface area contributed by atoms with Crippen LogP contribution >= 0.6 is 0 Å². The van der Waals surface area contributed by atoms with Crippen LogP contribution in [0.15, 0.2) is 18.2 Å². The second-order valence-corrected chi connectivity index (χ2v) is 3.66. The summed E-state index contributed by atoms with van der Waals surface area (Å²) in [6.45, 7) is 6.51. The molecule has 0 saturated heterocycles. The van der Waals surface area contributed by atoms with Crippen molar-refractivity contribution in [3.05, 3.63) is 23.8 Å². The molecule has 1 unspecified atom stereocenters. The monoisotopic (exact) mass is 226 g/mol. The van der Waals surface area contributed by atoms with Crippen LogP contribution in [0.5, 0.6) is 11.5 Å². The fourth-order valence-electron chi connectivity index (χ4n) is 1.47. The third kappa shape index (κ3) is 3.40. The predicted octanol–water partition coefficient (Wildman–Crippen LogP) is 3.56. The fourth-order valence-corrected chi connectivity index (χ4v) is 1.47. The van der Waals surface area contributed by atoms with Gasteiger partial charge in [-0.05, 0) is 31.5 Å². The van der Waals surface area contributed by atoms with Gasteiger partial charge in [0.15, 0.2) is 0 Å². The molecular formula is C13H19FO2. The molecule has 0 heterocycles. The molecule has 0 aromatic heterocycles. The summed E-state index contributed by atoms with van der Waals surface area (Å²) in [6, 6.07) is 5.58. The van der Waals surface area contributed by atoms with E-state index in [0.717, 1.165) is 17.1 Å². The van der Waals surface area contributed by atoms with Crippen molar-refractivity contribution in [2.75, 3.05) is 19.9 Å². The lowest BCUT2D eigenvalue weighted by Gasteiger charge is -2.13. The highest BCUT2D eigenvalue weighted by Crippen LogP contribution is 2.27. The zero-order chi connectivity index (χ0) is 12.0. The van der Waals surface area contributed by atoms with Gasteiger partial charge in [-0.2, -0.15) is 0 Å². The standard InChI is InChI=1S/C13H19FO2/c1-4-15-12-6-11(10(3)9-14)7-13(8-12)16-5-2/h6-8,10H,4-5,9H2,1-3H3. The van der Waals surface area contributed by atoms with Gasteiger partial charge in [-0.1, -0.05) is 6.92 Å². The molecule has 0 radical (unpaired) electrons. The summed E-state index contributed by atoms with van der Waals surface area (Å²) in [7, 11) is 0. The average molecular weight is 226 g/mol. The summed E-state index contributed by atoms with van der Waals surface area (Å²) in [4.78, 5) is 0.